The molecule has 0 aliphatic carbocycles. The molecule has 0 atom stereocenters. The maximum absolute atomic E-state index is 13.8. The van der Waals surface area contributed by atoms with Crippen molar-refractivity contribution in [2.45, 2.75) is 13.5 Å². The maximum atomic E-state index is 13.8. The first-order valence-corrected chi connectivity index (χ1v) is 8.04. The van der Waals surface area contributed by atoms with Crippen LogP contribution in [-0.2, 0) is 11.3 Å². The van der Waals surface area contributed by atoms with E-state index in [2.05, 4.69) is 26.2 Å². The van der Waals surface area contributed by atoms with Gasteiger partial charge in [-0.1, -0.05) is 11.6 Å². The molecule has 0 saturated carbocycles. The van der Waals surface area contributed by atoms with E-state index < -0.39 is 17.5 Å². The summed E-state index contributed by atoms with van der Waals surface area (Å²) in [5.74, 6) is -2.32. The third-order valence-electron chi connectivity index (χ3n) is 3.56. The summed E-state index contributed by atoms with van der Waals surface area (Å²) in [7, 11) is 0. The highest BCUT2D eigenvalue weighted by molar-refractivity contribution is 9.10. The van der Waals surface area contributed by atoms with E-state index in [9.17, 15) is 18.4 Å². The van der Waals surface area contributed by atoms with Gasteiger partial charge in [-0.25, -0.2) is 13.8 Å². The van der Waals surface area contributed by atoms with E-state index >= 15 is 0 Å². The van der Waals surface area contributed by atoms with Crippen molar-refractivity contribution in [3.63, 3.8) is 0 Å². The Kier molecular flexibility index (Phi) is 4.63. The monoisotopic (exact) mass is 407 g/mol. The summed E-state index contributed by atoms with van der Waals surface area (Å²) < 4.78 is 28.1. The summed E-state index contributed by atoms with van der Waals surface area (Å²) in [4.78, 5) is 28.7. The molecule has 0 aliphatic heterocycles. The Hall–Kier alpha value is -2.61. The van der Waals surface area contributed by atoms with E-state index in [-0.39, 0.29) is 22.3 Å². The average Bonchev–Trinajstić information content (AvgIpc) is 2.54. The zero-order valence-electron chi connectivity index (χ0n) is 13.0. The number of halogens is 3. The van der Waals surface area contributed by atoms with Crippen molar-refractivity contribution in [1.82, 2.24) is 9.55 Å². The number of benzene rings is 2. The Morgan fingerprint density at radius 3 is 2.76 bits per heavy atom. The fraction of sp³-hybridized carbons (Fsp3) is 0.118. The maximum Gasteiger partial charge on any atom is 0.261 e. The highest BCUT2D eigenvalue weighted by Gasteiger charge is 2.14. The van der Waals surface area contributed by atoms with Crippen LogP contribution in [0, 0.1) is 18.6 Å². The molecule has 1 aromatic heterocycles. The second-order valence-electron chi connectivity index (χ2n) is 5.49. The number of anilines is 1. The number of fused-ring (bicyclic) bond motifs is 1. The van der Waals surface area contributed by atoms with Gasteiger partial charge in [0.05, 0.1) is 22.9 Å². The van der Waals surface area contributed by atoms with Crippen LogP contribution in [0.4, 0.5) is 14.5 Å². The molecular weight excluding hydrogens is 396 g/mol. The molecule has 3 aromatic rings. The summed E-state index contributed by atoms with van der Waals surface area (Å²) in [5.41, 5.74) is 0.858. The van der Waals surface area contributed by atoms with E-state index in [0.29, 0.717) is 17.0 Å². The molecule has 0 bridgehead atoms. The summed E-state index contributed by atoms with van der Waals surface area (Å²) in [6, 6.07) is 6.94. The van der Waals surface area contributed by atoms with Gasteiger partial charge in [0.25, 0.3) is 5.56 Å². The molecular formula is C17H12BrF2N3O2. The van der Waals surface area contributed by atoms with Crippen molar-refractivity contribution < 1.29 is 13.6 Å². The molecule has 1 heterocycles. The number of hydrogen-bond donors (Lipinski definition) is 1. The van der Waals surface area contributed by atoms with E-state index in [1.54, 1.807) is 12.1 Å². The zero-order chi connectivity index (χ0) is 18.1. The first-order valence-electron chi connectivity index (χ1n) is 7.25. The third-order valence-corrected chi connectivity index (χ3v) is 4.19. The lowest BCUT2D eigenvalue weighted by molar-refractivity contribution is -0.116. The van der Waals surface area contributed by atoms with Gasteiger partial charge in [-0.15, -0.1) is 0 Å². The van der Waals surface area contributed by atoms with Gasteiger partial charge in [-0.05, 0) is 41.1 Å². The molecule has 1 N–H and O–H groups in total. The molecule has 2 aromatic carbocycles. The van der Waals surface area contributed by atoms with Gasteiger partial charge in [-0.2, -0.15) is 0 Å². The number of nitrogens with one attached hydrogen (secondary N) is 1. The quantitative estimate of drug-likeness (QED) is 0.723. The lowest BCUT2D eigenvalue weighted by Crippen LogP contribution is -2.28. The normalized spacial score (nSPS) is 10.9. The van der Waals surface area contributed by atoms with Crippen molar-refractivity contribution in [2.24, 2.45) is 0 Å². The largest absolute Gasteiger partial charge is 0.321 e. The van der Waals surface area contributed by atoms with Crippen LogP contribution in [0.2, 0.25) is 0 Å². The van der Waals surface area contributed by atoms with E-state index in [1.807, 2.05) is 13.0 Å². The van der Waals surface area contributed by atoms with Gasteiger partial charge in [0.15, 0.2) is 5.82 Å². The molecule has 3 rings (SSSR count). The van der Waals surface area contributed by atoms with Crippen LogP contribution < -0.4 is 10.9 Å². The molecule has 1 amide bonds. The van der Waals surface area contributed by atoms with Crippen LogP contribution in [0.15, 0.2) is 45.9 Å². The van der Waals surface area contributed by atoms with E-state index in [4.69, 9.17) is 0 Å². The Bertz CT molecular complexity index is 1030. The van der Waals surface area contributed by atoms with E-state index in [1.165, 1.54) is 6.33 Å². The van der Waals surface area contributed by atoms with Crippen LogP contribution in [0.5, 0.6) is 0 Å². The molecule has 8 heteroatoms. The summed E-state index contributed by atoms with van der Waals surface area (Å²) >= 11 is 2.99. The molecule has 25 heavy (non-hydrogen) atoms. The summed E-state index contributed by atoms with van der Waals surface area (Å²) in [5, 5.41) is 2.72. The number of rotatable bonds is 3. The Morgan fingerprint density at radius 2 is 2.04 bits per heavy atom. The number of aromatic nitrogens is 2. The first kappa shape index (κ1) is 17.2. The smallest absolute Gasteiger partial charge is 0.261 e. The van der Waals surface area contributed by atoms with Crippen molar-refractivity contribution >= 4 is 38.4 Å². The second-order valence-corrected chi connectivity index (χ2v) is 6.35. The standard InChI is InChI=1S/C17H12BrF2N3O2/c1-9-2-3-14-11(4-9)17(25)23(8-21-14)7-15(24)22-16-12(18)5-10(19)6-13(16)20/h2-6,8H,7H2,1H3,(H,22,24). The Labute approximate surface area is 149 Å². The number of amides is 1. The lowest BCUT2D eigenvalue weighted by atomic mass is 10.2. The molecule has 0 spiro atoms. The number of nitrogens with zero attached hydrogens (tertiary/aromatic N) is 2. The predicted octanol–water partition coefficient (Wildman–Crippen LogP) is 3.38. The highest BCUT2D eigenvalue weighted by Crippen LogP contribution is 2.26. The van der Waals surface area contributed by atoms with Gasteiger partial charge in [0.2, 0.25) is 5.91 Å². The number of carbonyl (C=O) groups is 1. The van der Waals surface area contributed by atoms with Gasteiger partial charge < -0.3 is 5.32 Å². The molecule has 5 nitrogen and oxygen atoms in total. The van der Waals surface area contributed by atoms with Crippen LogP contribution >= 0.6 is 15.9 Å². The van der Waals surface area contributed by atoms with E-state index in [0.717, 1.165) is 16.2 Å². The fourth-order valence-corrected chi connectivity index (χ4v) is 2.89. The molecule has 128 valence electrons. The number of carbonyl (C=O) groups excluding carboxylic acids is 1. The van der Waals surface area contributed by atoms with Crippen LogP contribution in [0.1, 0.15) is 5.56 Å². The zero-order valence-corrected chi connectivity index (χ0v) is 14.6. The van der Waals surface area contributed by atoms with Gasteiger partial charge in [0.1, 0.15) is 12.4 Å². The molecule has 0 unspecified atom stereocenters. The number of hydrogen-bond acceptors (Lipinski definition) is 3. The molecule has 0 aliphatic rings. The fourth-order valence-electron chi connectivity index (χ4n) is 2.38. The third kappa shape index (κ3) is 3.58. The van der Waals surface area contributed by atoms with Crippen molar-refractivity contribution in [2.75, 3.05) is 5.32 Å². The summed E-state index contributed by atoms with van der Waals surface area (Å²) in [6.45, 7) is 1.50. The second kappa shape index (κ2) is 6.72. The van der Waals surface area contributed by atoms with Gasteiger partial charge in [0, 0.05) is 10.5 Å². The van der Waals surface area contributed by atoms with Crippen LogP contribution in [-0.4, -0.2) is 15.5 Å². The van der Waals surface area contributed by atoms with Crippen molar-refractivity contribution in [3.05, 3.63) is 68.7 Å². The number of aryl methyl sites for hydroxylation is 1. The first-order chi connectivity index (χ1) is 11.8. The minimum atomic E-state index is -0.917. The summed E-state index contributed by atoms with van der Waals surface area (Å²) in [6.07, 6.45) is 1.26. The Balaban J connectivity index is 1.88. The van der Waals surface area contributed by atoms with Crippen molar-refractivity contribution in [1.29, 1.82) is 0 Å². The van der Waals surface area contributed by atoms with Gasteiger partial charge in [-0.3, -0.25) is 14.2 Å². The van der Waals surface area contributed by atoms with Crippen LogP contribution in [0.25, 0.3) is 10.9 Å². The van der Waals surface area contributed by atoms with Crippen LogP contribution in [0.3, 0.4) is 0 Å². The minimum Gasteiger partial charge on any atom is -0.321 e. The lowest BCUT2D eigenvalue weighted by Gasteiger charge is -2.10. The average molecular weight is 408 g/mol. The van der Waals surface area contributed by atoms with Gasteiger partial charge >= 0.3 is 0 Å². The Morgan fingerprint density at radius 1 is 1.28 bits per heavy atom. The predicted molar refractivity (Wildman–Crippen MR) is 93.4 cm³/mol. The SMILES string of the molecule is Cc1ccc2ncn(CC(=O)Nc3c(F)cc(F)cc3Br)c(=O)c2c1. The highest BCUT2D eigenvalue weighted by atomic mass is 79.9. The topological polar surface area (TPSA) is 64.0 Å². The molecule has 0 radical (unpaired) electrons. The molecule has 0 saturated heterocycles. The minimum absolute atomic E-state index is 0.0676. The molecule has 0 fully saturated rings. The van der Waals surface area contributed by atoms with Crippen molar-refractivity contribution in [3.8, 4) is 0 Å².